The van der Waals surface area contributed by atoms with Crippen LogP contribution >= 0.6 is 0 Å². The van der Waals surface area contributed by atoms with Crippen LogP contribution in [-0.4, -0.2) is 37.6 Å². The largest absolute Gasteiger partial charge is 0.433 e. The number of alkyl halides is 3. The molecule has 0 spiro atoms. The van der Waals surface area contributed by atoms with Gasteiger partial charge in [0.2, 0.25) is 0 Å². The monoisotopic (exact) mass is 416 g/mol. The third kappa shape index (κ3) is 4.47. The lowest BCUT2D eigenvalue weighted by Gasteiger charge is -2.33. The highest BCUT2D eigenvalue weighted by molar-refractivity contribution is 5.56. The molecular weight excluding hydrogens is 397 g/mol. The van der Waals surface area contributed by atoms with E-state index >= 15 is 0 Å². The van der Waals surface area contributed by atoms with E-state index < -0.39 is 11.9 Å². The molecule has 0 saturated carbocycles. The van der Waals surface area contributed by atoms with Gasteiger partial charge in [0.25, 0.3) is 5.56 Å². The van der Waals surface area contributed by atoms with Crippen LogP contribution in [0.1, 0.15) is 18.5 Å². The fourth-order valence-electron chi connectivity index (χ4n) is 3.53. The predicted octanol–water partition coefficient (Wildman–Crippen LogP) is 3.03. The Bertz CT molecular complexity index is 1060. The summed E-state index contributed by atoms with van der Waals surface area (Å²) in [6.07, 6.45) is 2.77. The van der Waals surface area contributed by atoms with Gasteiger partial charge in [-0.1, -0.05) is 0 Å². The Morgan fingerprint density at radius 1 is 1.10 bits per heavy atom. The SMILES string of the molecule is O=c1cc(-c2cccnc2)ncn1CC1CCN(c2cc(C(F)(F)F)ncn2)CC1. The Labute approximate surface area is 170 Å². The minimum Gasteiger partial charge on any atom is -0.356 e. The summed E-state index contributed by atoms with van der Waals surface area (Å²) in [7, 11) is 0. The first-order valence-corrected chi connectivity index (χ1v) is 9.51. The van der Waals surface area contributed by atoms with Crippen molar-refractivity contribution in [3.63, 3.8) is 0 Å². The Kier molecular flexibility index (Phi) is 5.47. The van der Waals surface area contributed by atoms with Crippen LogP contribution in [0.5, 0.6) is 0 Å². The van der Waals surface area contributed by atoms with Gasteiger partial charge in [0.05, 0.1) is 12.0 Å². The van der Waals surface area contributed by atoms with Crippen molar-refractivity contribution in [2.45, 2.75) is 25.6 Å². The van der Waals surface area contributed by atoms with Crippen LogP contribution in [0.4, 0.5) is 19.0 Å². The molecule has 10 heteroatoms. The lowest BCUT2D eigenvalue weighted by Crippen LogP contribution is -2.37. The minimum absolute atomic E-state index is 0.142. The molecule has 0 bridgehead atoms. The van der Waals surface area contributed by atoms with Gasteiger partial charge in [-0.3, -0.25) is 14.3 Å². The van der Waals surface area contributed by atoms with Gasteiger partial charge >= 0.3 is 6.18 Å². The molecule has 3 aromatic heterocycles. The predicted molar refractivity (Wildman–Crippen MR) is 104 cm³/mol. The van der Waals surface area contributed by atoms with Crippen molar-refractivity contribution in [2.24, 2.45) is 5.92 Å². The molecule has 1 aliphatic heterocycles. The van der Waals surface area contributed by atoms with E-state index in [1.165, 1.54) is 12.4 Å². The lowest BCUT2D eigenvalue weighted by molar-refractivity contribution is -0.141. The number of piperidine rings is 1. The smallest absolute Gasteiger partial charge is 0.356 e. The third-order valence-corrected chi connectivity index (χ3v) is 5.17. The zero-order valence-corrected chi connectivity index (χ0v) is 16.0. The maximum atomic E-state index is 12.9. The highest BCUT2D eigenvalue weighted by Crippen LogP contribution is 2.30. The molecule has 0 radical (unpaired) electrons. The second kappa shape index (κ2) is 8.21. The van der Waals surface area contributed by atoms with E-state index in [0.717, 1.165) is 30.8 Å². The normalized spacial score (nSPS) is 15.4. The third-order valence-electron chi connectivity index (χ3n) is 5.17. The van der Waals surface area contributed by atoms with Gasteiger partial charge in [-0.2, -0.15) is 13.2 Å². The topological polar surface area (TPSA) is 76.8 Å². The van der Waals surface area contributed by atoms with Crippen LogP contribution in [0.2, 0.25) is 0 Å². The Hall–Kier alpha value is -3.30. The fraction of sp³-hybridized carbons (Fsp3) is 0.350. The molecule has 30 heavy (non-hydrogen) atoms. The van der Waals surface area contributed by atoms with Crippen LogP contribution in [0.25, 0.3) is 11.3 Å². The zero-order chi connectivity index (χ0) is 21.1. The highest BCUT2D eigenvalue weighted by Gasteiger charge is 2.33. The molecule has 7 nitrogen and oxygen atoms in total. The molecule has 4 rings (SSSR count). The van der Waals surface area contributed by atoms with E-state index in [4.69, 9.17) is 0 Å². The minimum atomic E-state index is -4.49. The van der Waals surface area contributed by atoms with Crippen LogP contribution < -0.4 is 10.5 Å². The van der Waals surface area contributed by atoms with E-state index in [-0.39, 0.29) is 17.3 Å². The number of hydrogen-bond acceptors (Lipinski definition) is 6. The summed E-state index contributed by atoms with van der Waals surface area (Å²) in [4.78, 5) is 30.0. The van der Waals surface area contributed by atoms with Gasteiger partial charge < -0.3 is 4.90 Å². The quantitative estimate of drug-likeness (QED) is 0.651. The molecule has 0 aliphatic carbocycles. The van der Waals surface area contributed by atoms with Crippen molar-refractivity contribution in [3.05, 3.63) is 65.4 Å². The Morgan fingerprint density at radius 2 is 1.90 bits per heavy atom. The molecule has 3 aromatic rings. The van der Waals surface area contributed by atoms with Crippen LogP contribution in [-0.2, 0) is 12.7 Å². The molecule has 1 saturated heterocycles. The van der Waals surface area contributed by atoms with E-state index in [1.807, 2.05) is 11.0 Å². The number of rotatable bonds is 4. The molecular formula is C20H19F3N6O. The first-order chi connectivity index (χ1) is 14.4. The first-order valence-electron chi connectivity index (χ1n) is 9.51. The van der Waals surface area contributed by atoms with Gasteiger partial charge in [0, 0.05) is 49.7 Å². The van der Waals surface area contributed by atoms with Gasteiger partial charge in [0.1, 0.15) is 17.8 Å². The number of anilines is 1. The summed E-state index contributed by atoms with van der Waals surface area (Å²) < 4.78 is 40.2. The number of hydrogen-bond donors (Lipinski definition) is 0. The van der Waals surface area contributed by atoms with Crippen molar-refractivity contribution in [3.8, 4) is 11.3 Å². The van der Waals surface area contributed by atoms with E-state index in [1.54, 1.807) is 23.0 Å². The van der Waals surface area contributed by atoms with Gasteiger partial charge in [0.15, 0.2) is 0 Å². The summed E-state index contributed by atoms with van der Waals surface area (Å²) in [5.41, 5.74) is 0.263. The number of pyridine rings is 1. The summed E-state index contributed by atoms with van der Waals surface area (Å²) >= 11 is 0. The average Bonchev–Trinajstić information content (AvgIpc) is 2.76. The molecule has 0 aromatic carbocycles. The van der Waals surface area contributed by atoms with Crippen LogP contribution in [0, 0.1) is 5.92 Å². The summed E-state index contributed by atoms with van der Waals surface area (Å²) in [6, 6.07) is 6.09. The Morgan fingerprint density at radius 3 is 2.57 bits per heavy atom. The van der Waals surface area contributed by atoms with Gasteiger partial charge in [-0.15, -0.1) is 0 Å². The van der Waals surface area contributed by atoms with Crippen molar-refractivity contribution in [2.75, 3.05) is 18.0 Å². The molecule has 0 atom stereocenters. The molecule has 0 unspecified atom stereocenters. The maximum absolute atomic E-state index is 12.9. The second-order valence-electron chi connectivity index (χ2n) is 7.20. The number of halogens is 3. The summed E-state index contributed by atoms with van der Waals surface area (Å²) in [6.45, 7) is 1.65. The van der Waals surface area contributed by atoms with E-state index in [9.17, 15) is 18.0 Å². The Balaban J connectivity index is 1.39. The number of nitrogens with zero attached hydrogens (tertiary/aromatic N) is 6. The molecule has 0 amide bonds. The number of aromatic nitrogens is 5. The van der Waals surface area contributed by atoms with Gasteiger partial charge in [-0.25, -0.2) is 15.0 Å². The van der Waals surface area contributed by atoms with Crippen LogP contribution in [0.15, 0.2) is 54.1 Å². The van der Waals surface area contributed by atoms with E-state index in [0.29, 0.717) is 25.3 Å². The highest BCUT2D eigenvalue weighted by atomic mass is 19.4. The molecule has 4 heterocycles. The van der Waals surface area contributed by atoms with Crippen molar-refractivity contribution < 1.29 is 13.2 Å². The molecule has 1 aliphatic rings. The maximum Gasteiger partial charge on any atom is 0.433 e. The second-order valence-corrected chi connectivity index (χ2v) is 7.20. The summed E-state index contributed by atoms with van der Waals surface area (Å²) in [5, 5.41) is 0. The average molecular weight is 416 g/mol. The van der Waals surface area contributed by atoms with Crippen LogP contribution in [0.3, 0.4) is 0 Å². The fourth-order valence-corrected chi connectivity index (χ4v) is 3.53. The van der Waals surface area contributed by atoms with E-state index in [2.05, 4.69) is 19.9 Å². The molecule has 1 fully saturated rings. The van der Waals surface area contributed by atoms with Crippen molar-refractivity contribution >= 4 is 5.82 Å². The van der Waals surface area contributed by atoms with Crippen molar-refractivity contribution in [1.82, 2.24) is 24.5 Å². The molecule has 156 valence electrons. The van der Waals surface area contributed by atoms with Gasteiger partial charge in [-0.05, 0) is 30.9 Å². The first kappa shape index (κ1) is 20.0. The standard InChI is InChI=1S/C20H19F3N6O/c21-20(22,23)17-9-18(26-12-25-17)28-6-3-14(4-7-28)11-29-13-27-16(8-19(29)30)15-2-1-5-24-10-15/h1-2,5,8-10,12-14H,3-4,6-7,11H2. The summed E-state index contributed by atoms with van der Waals surface area (Å²) in [5.74, 6) is 0.504. The lowest BCUT2D eigenvalue weighted by atomic mass is 9.96. The zero-order valence-electron chi connectivity index (χ0n) is 16.0. The van der Waals surface area contributed by atoms with Crippen molar-refractivity contribution in [1.29, 1.82) is 0 Å². The molecule has 0 N–H and O–H groups in total.